The number of rotatable bonds is 8. The number of likely N-dealkylation sites (N-methyl/N-ethyl adjacent to an activating group) is 1. The minimum Gasteiger partial charge on any atom is -0.488 e. The summed E-state index contributed by atoms with van der Waals surface area (Å²) in [5.41, 5.74) is 8.02. The number of hydrogen-bond acceptors (Lipinski definition) is 7. The first kappa shape index (κ1) is 24.4. The summed E-state index contributed by atoms with van der Waals surface area (Å²) >= 11 is 0. The van der Waals surface area contributed by atoms with E-state index >= 15 is 0 Å². The number of aromatic amines is 1. The molecule has 4 rings (SSSR count). The molecule has 1 aliphatic rings. The van der Waals surface area contributed by atoms with E-state index in [0.29, 0.717) is 41.7 Å². The van der Waals surface area contributed by atoms with Crippen LogP contribution in [0.1, 0.15) is 26.4 Å². The van der Waals surface area contributed by atoms with Gasteiger partial charge in [-0.3, -0.25) is 14.7 Å². The highest BCUT2D eigenvalue weighted by Crippen LogP contribution is 2.26. The number of fused-ring (bicyclic) bond motifs is 1. The van der Waals surface area contributed by atoms with Gasteiger partial charge in [-0.05, 0) is 30.8 Å². The van der Waals surface area contributed by atoms with Gasteiger partial charge in [0.15, 0.2) is 11.6 Å². The number of piperazine rings is 1. The number of hydrogen-bond donors (Lipinski definition) is 2. The lowest BCUT2D eigenvalue weighted by Crippen LogP contribution is -2.47. The summed E-state index contributed by atoms with van der Waals surface area (Å²) in [4.78, 5) is 29.6. The highest BCUT2D eigenvalue weighted by Gasteiger charge is 2.21. The second-order valence-electron chi connectivity index (χ2n) is 8.38. The van der Waals surface area contributed by atoms with Crippen LogP contribution >= 0.6 is 0 Å². The van der Waals surface area contributed by atoms with E-state index in [1.165, 1.54) is 25.3 Å². The summed E-state index contributed by atoms with van der Waals surface area (Å²) in [5.74, 6) is -1.07. The molecular weight excluding hydrogens is 453 g/mol. The summed E-state index contributed by atoms with van der Waals surface area (Å²) in [7, 11) is 3.56. The van der Waals surface area contributed by atoms with Crippen molar-refractivity contribution in [3.8, 4) is 5.75 Å². The van der Waals surface area contributed by atoms with Crippen molar-refractivity contribution < 1.29 is 23.5 Å². The molecule has 0 bridgehead atoms. The average Bonchev–Trinajstić information content (AvgIpc) is 3.27. The predicted octanol–water partition coefficient (Wildman–Crippen LogP) is 2.30. The van der Waals surface area contributed by atoms with Crippen molar-refractivity contribution in [1.29, 1.82) is 0 Å². The topological polar surface area (TPSA) is 114 Å². The minimum atomic E-state index is -0.610. The molecule has 0 radical (unpaired) electrons. The number of ketones is 1. The van der Waals surface area contributed by atoms with Gasteiger partial charge in [-0.2, -0.15) is 5.10 Å². The van der Waals surface area contributed by atoms with Crippen LogP contribution in [-0.4, -0.2) is 85.2 Å². The molecule has 0 spiro atoms. The van der Waals surface area contributed by atoms with Crippen molar-refractivity contribution in [1.82, 2.24) is 20.0 Å². The maximum absolute atomic E-state index is 14.5. The van der Waals surface area contributed by atoms with Crippen molar-refractivity contribution in [2.24, 2.45) is 5.73 Å². The zero-order valence-corrected chi connectivity index (χ0v) is 19.7. The molecule has 3 aromatic rings. The number of nitrogens with two attached hydrogens (primary N) is 1. The number of carbonyl (C=O) groups is 2. The van der Waals surface area contributed by atoms with Crippen LogP contribution in [0.15, 0.2) is 42.5 Å². The highest BCUT2D eigenvalue weighted by molar-refractivity contribution is 6.14. The number of ether oxygens (including phenoxy) is 2. The lowest BCUT2D eigenvalue weighted by atomic mass is 10.1. The molecule has 0 saturated carbocycles. The minimum absolute atomic E-state index is 0.0288. The molecule has 9 nitrogen and oxygen atoms in total. The summed E-state index contributed by atoms with van der Waals surface area (Å²) < 4.78 is 24.7. The van der Waals surface area contributed by atoms with Crippen molar-refractivity contribution in [3.63, 3.8) is 0 Å². The zero-order chi connectivity index (χ0) is 24.9. The highest BCUT2D eigenvalue weighted by atomic mass is 19.1. The third-order valence-electron chi connectivity index (χ3n) is 5.94. The summed E-state index contributed by atoms with van der Waals surface area (Å²) in [6, 6.07) is 9.46. The molecule has 2 heterocycles. The van der Waals surface area contributed by atoms with Crippen LogP contribution in [0.25, 0.3) is 16.6 Å². The molecule has 0 atom stereocenters. The average molecular weight is 482 g/mol. The number of carbonyl (C=O) groups excluding carboxylic acids is 2. The number of benzene rings is 2. The van der Waals surface area contributed by atoms with Crippen LogP contribution in [0.4, 0.5) is 4.39 Å². The van der Waals surface area contributed by atoms with Gasteiger partial charge < -0.3 is 25.0 Å². The Morgan fingerprint density at radius 2 is 1.80 bits per heavy atom. The van der Waals surface area contributed by atoms with Gasteiger partial charge in [0.25, 0.3) is 5.91 Å². The molecule has 2 aromatic carbocycles. The number of H-pyrrole nitrogens is 1. The lowest BCUT2D eigenvalue weighted by molar-refractivity contribution is 0.0664. The van der Waals surface area contributed by atoms with Gasteiger partial charge in [0.05, 0.1) is 12.1 Å². The molecule has 0 unspecified atom stereocenters. The third kappa shape index (κ3) is 5.50. The first-order chi connectivity index (χ1) is 16.9. The van der Waals surface area contributed by atoms with Crippen LogP contribution in [0.2, 0.25) is 0 Å². The molecule has 1 amide bonds. The van der Waals surface area contributed by atoms with Gasteiger partial charge in [-0.15, -0.1) is 0 Å². The number of methoxy groups -OCH3 is 1. The molecule has 1 aliphatic heterocycles. The molecule has 1 fully saturated rings. The molecular formula is C25H28FN5O4. The summed E-state index contributed by atoms with van der Waals surface area (Å²) in [6.45, 7) is 3.57. The van der Waals surface area contributed by atoms with Crippen molar-refractivity contribution >= 4 is 28.3 Å². The van der Waals surface area contributed by atoms with E-state index in [2.05, 4.69) is 15.1 Å². The largest absolute Gasteiger partial charge is 0.488 e. The van der Waals surface area contributed by atoms with Crippen LogP contribution in [-0.2, 0) is 4.74 Å². The Bertz CT molecular complexity index is 1250. The fraction of sp³-hybridized carbons (Fsp3) is 0.320. The normalized spacial score (nSPS) is 14.9. The van der Waals surface area contributed by atoms with Gasteiger partial charge in [0, 0.05) is 62.1 Å². The maximum Gasteiger partial charge on any atom is 0.253 e. The quantitative estimate of drug-likeness (QED) is 0.288. The Kier molecular flexibility index (Phi) is 7.42. The van der Waals surface area contributed by atoms with Crippen LogP contribution in [0, 0.1) is 5.82 Å². The van der Waals surface area contributed by atoms with E-state index in [9.17, 15) is 14.0 Å². The van der Waals surface area contributed by atoms with E-state index < -0.39 is 11.6 Å². The second kappa shape index (κ2) is 10.7. The molecule has 35 heavy (non-hydrogen) atoms. The molecule has 3 N–H and O–H groups in total. The molecule has 0 aliphatic carbocycles. The van der Waals surface area contributed by atoms with Crippen LogP contribution < -0.4 is 10.5 Å². The monoisotopic (exact) mass is 481 g/mol. The number of allylic oxidation sites excluding steroid dienone is 1. The van der Waals surface area contributed by atoms with Gasteiger partial charge in [0.2, 0.25) is 5.78 Å². The number of aromatic nitrogens is 2. The van der Waals surface area contributed by atoms with E-state index in [1.807, 2.05) is 11.9 Å². The zero-order valence-electron chi connectivity index (χ0n) is 19.7. The lowest BCUT2D eigenvalue weighted by Gasteiger charge is -2.32. The molecule has 184 valence electrons. The second-order valence-corrected chi connectivity index (χ2v) is 8.38. The smallest absolute Gasteiger partial charge is 0.253 e. The number of halogens is 1. The van der Waals surface area contributed by atoms with Crippen molar-refractivity contribution in [2.75, 3.05) is 53.6 Å². The first-order valence-corrected chi connectivity index (χ1v) is 11.3. The van der Waals surface area contributed by atoms with E-state index in [1.54, 1.807) is 24.3 Å². The predicted molar refractivity (Wildman–Crippen MR) is 130 cm³/mol. The van der Waals surface area contributed by atoms with Crippen LogP contribution in [0.3, 0.4) is 0 Å². The molecule has 1 aromatic heterocycles. The van der Waals surface area contributed by atoms with Gasteiger partial charge >= 0.3 is 0 Å². The molecule has 10 heteroatoms. The van der Waals surface area contributed by atoms with E-state index in [0.717, 1.165) is 13.1 Å². The van der Waals surface area contributed by atoms with Gasteiger partial charge in [-0.25, -0.2) is 4.39 Å². The SMILES string of the molecule is COCCOc1cc2[nH]nc(C(=O)C=C(N)c3ccc(C(=O)N4CCN(C)CC4)cc3)c2cc1F. The summed E-state index contributed by atoms with van der Waals surface area (Å²) in [6.07, 6.45) is 1.24. The number of nitrogens with one attached hydrogen (secondary N) is 1. The van der Waals surface area contributed by atoms with Gasteiger partial charge in [-0.1, -0.05) is 12.1 Å². The maximum atomic E-state index is 14.5. The fourth-order valence-corrected chi connectivity index (χ4v) is 3.84. The Morgan fingerprint density at radius 1 is 1.11 bits per heavy atom. The third-order valence-corrected chi connectivity index (χ3v) is 5.94. The van der Waals surface area contributed by atoms with Crippen molar-refractivity contribution in [3.05, 3.63) is 65.1 Å². The van der Waals surface area contributed by atoms with E-state index in [4.69, 9.17) is 15.2 Å². The Labute approximate surface area is 202 Å². The Hall–Kier alpha value is -3.76. The molecule has 1 saturated heterocycles. The fourth-order valence-electron chi connectivity index (χ4n) is 3.84. The number of nitrogens with zero attached hydrogens (tertiary/aromatic N) is 3. The van der Waals surface area contributed by atoms with Crippen molar-refractivity contribution in [2.45, 2.75) is 0 Å². The van der Waals surface area contributed by atoms with Gasteiger partial charge in [0.1, 0.15) is 12.3 Å². The standard InChI is InChI=1S/C25H28FN5O4/c1-30-7-9-31(10-8-30)25(33)17-5-3-16(4-6-17)20(27)14-22(32)24-18-13-19(26)23(35-12-11-34-2)15-21(18)28-29-24/h3-6,13-15H,7-12,27H2,1-2H3,(H,28,29). The van der Waals surface area contributed by atoms with E-state index in [-0.39, 0.29) is 29.7 Å². The Balaban J connectivity index is 1.48. The van der Waals surface area contributed by atoms with Crippen LogP contribution in [0.5, 0.6) is 5.75 Å². The summed E-state index contributed by atoms with van der Waals surface area (Å²) in [5, 5.41) is 7.09. The first-order valence-electron chi connectivity index (χ1n) is 11.3. The number of amides is 1. The Morgan fingerprint density at radius 3 is 2.49 bits per heavy atom.